The molecular formula is C28H35BF2N3O. The van der Waals surface area contributed by atoms with Crippen LogP contribution in [0.15, 0.2) is 65.9 Å². The van der Waals surface area contributed by atoms with Crippen LogP contribution in [0.4, 0.5) is 14.5 Å². The first-order valence-electron chi connectivity index (χ1n) is 11.9. The lowest BCUT2D eigenvalue weighted by Gasteiger charge is -2.39. The van der Waals surface area contributed by atoms with Crippen molar-refractivity contribution in [1.82, 2.24) is 4.90 Å². The fourth-order valence-electron chi connectivity index (χ4n) is 4.43. The van der Waals surface area contributed by atoms with E-state index in [9.17, 15) is 8.78 Å². The minimum Gasteiger partial charge on any atom is -0.490 e. The van der Waals surface area contributed by atoms with E-state index in [1.165, 1.54) is 0 Å². The highest BCUT2D eigenvalue weighted by molar-refractivity contribution is 6.03. The molecule has 0 saturated carbocycles. The molecule has 0 aromatic heterocycles. The summed E-state index contributed by atoms with van der Waals surface area (Å²) in [6.07, 6.45) is 6.45. The average molecular weight is 478 g/mol. The highest BCUT2D eigenvalue weighted by Gasteiger charge is 2.29. The number of benzene rings is 2. The summed E-state index contributed by atoms with van der Waals surface area (Å²) in [5, 5.41) is 0. The average Bonchev–Trinajstić information content (AvgIpc) is 2.83. The Morgan fingerprint density at radius 1 is 1.23 bits per heavy atom. The Balaban J connectivity index is 0.00000432. The van der Waals surface area contributed by atoms with E-state index in [1.54, 1.807) is 12.1 Å². The van der Waals surface area contributed by atoms with Gasteiger partial charge in [0.25, 0.3) is 0 Å². The zero-order valence-electron chi connectivity index (χ0n) is 21.2. The molecule has 2 aromatic rings. The van der Waals surface area contributed by atoms with E-state index in [4.69, 9.17) is 4.74 Å². The van der Waals surface area contributed by atoms with E-state index in [1.807, 2.05) is 50.1 Å². The van der Waals surface area contributed by atoms with Gasteiger partial charge in [0.15, 0.2) is 0 Å². The predicted molar refractivity (Wildman–Crippen MR) is 144 cm³/mol. The molecule has 0 aliphatic carbocycles. The van der Waals surface area contributed by atoms with Crippen molar-refractivity contribution in [2.75, 3.05) is 25.0 Å². The van der Waals surface area contributed by atoms with Crippen molar-refractivity contribution in [3.05, 3.63) is 77.6 Å². The highest BCUT2D eigenvalue weighted by Crippen LogP contribution is 2.30. The molecule has 3 rings (SSSR count). The standard InChI is InChI=1S/C28H35F2N3O.B/c1-6-10-22-19-24(13-14-25(22)26(7-2)31-5)34-23-15-17-32(18-16-23)21(4)33(28(29)30)27-12-9-8-11-20(27)3;/h6,8-14,19,23,28H,4,7,15-18H2,1-3,5H3;/b10-6+,31-26?;. The van der Waals surface area contributed by atoms with Crippen LogP contribution in [0.25, 0.3) is 6.08 Å². The van der Waals surface area contributed by atoms with Crippen LogP contribution in [0.1, 0.15) is 49.8 Å². The van der Waals surface area contributed by atoms with Crippen LogP contribution in [-0.2, 0) is 0 Å². The monoisotopic (exact) mass is 478 g/mol. The Labute approximate surface area is 210 Å². The van der Waals surface area contributed by atoms with Crippen LogP contribution in [0, 0.1) is 6.92 Å². The number of hydrogen-bond donors (Lipinski definition) is 0. The normalized spacial score (nSPS) is 14.8. The number of rotatable bonds is 9. The summed E-state index contributed by atoms with van der Waals surface area (Å²) < 4.78 is 34.2. The Morgan fingerprint density at radius 3 is 2.49 bits per heavy atom. The number of allylic oxidation sites excluding steroid dienone is 1. The first-order chi connectivity index (χ1) is 16.4. The summed E-state index contributed by atoms with van der Waals surface area (Å²) in [7, 11) is 1.82. The number of para-hydroxylation sites is 1. The van der Waals surface area contributed by atoms with Crippen molar-refractivity contribution < 1.29 is 13.5 Å². The van der Waals surface area contributed by atoms with Gasteiger partial charge in [0, 0.05) is 52.7 Å². The topological polar surface area (TPSA) is 28.1 Å². The minimum atomic E-state index is -2.66. The maximum atomic E-state index is 14.0. The molecule has 0 bridgehead atoms. The molecule has 1 fully saturated rings. The summed E-state index contributed by atoms with van der Waals surface area (Å²) in [5.74, 6) is 1.14. The number of halogens is 2. The van der Waals surface area contributed by atoms with Gasteiger partial charge in [-0.2, -0.15) is 8.78 Å². The molecule has 185 valence electrons. The van der Waals surface area contributed by atoms with E-state index in [-0.39, 0.29) is 14.5 Å². The van der Waals surface area contributed by atoms with Gasteiger partial charge in [0.1, 0.15) is 17.7 Å². The number of piperidine rings is 1. The van der Waals surface area contributed by atoms with Gasteiger partial charge in [0.05, 0.1) is 5.69 Å². The Hall–Kier alpha value is -3.09. The van der Waals surface area contributed by atoms with E-state index < -0.39 is 6.55 Å². The van der Waals surface area contributed by atoms with Crippen molar-refractivity contribution in [2.45, 2.75) is 52.7 Å². The number of aliphatic imine (C=N–C) groups is 1. The predicted octanol–water partition coefficient (Wildman–Crippen LogP) is 6.52. The van der Waals surface area contributed by atoms with Crippen LogP contribution in [0.5, 0.6) is 5.75 Å². The maximum Gasteiger partial charge on any atom is 0.320 e. The number of hydrogen-bond acceptors (Lipinski definition) is 4. The third-order valence-corrected chi connectivity index (χ3v) is 6.24. The summed E-state index contributed by atoms with van der Waals surface area (Å²) in [5.41, 5.74) is 4.54. The molecular weight excluding hydrogens is 443 g/mol. The van der Waals surface area contributed by atoms with Gasteiger partial charge in [-0.15, -0.1) is 0 Å². The summed E-state index contributed by atoms with van der Waals surface area (Å²) in [4.78, 5) is 7.37. The molecule has 1 aliphatic rings. The second-order valence-electron chi connectivity index (χ2n) is 8.43. The minimum absolute atomic E-state index is 0. The summed E-state index contributed by atoms with van der Waals surface area (Å²) in [6.45, 7) is 8.50. The second-order valence-corrected chi connectivity index (χ2v) is 8.43. The first-order valence-corrected chi connectivity index (χ1v) is 11.9. The van der Waals surface area contributed by atoms with E-state index >= 15 is 0 Å². The lowest BCUT2D eigenvalue weighted by Crippen LogP contribution is -2.44. The van der Waals surface area contributed by atoms with Crippen molar-refractivity contribution in [2.24, 2.45) is 4.99 Å². The number of anilines is 1. The number of ether oxygens (including phenoxy) is 1. The van der Waals surface area contributed by atoms with Crippen LogP contribution >= 0.6 is 0 Å². The highest BCUT2D eigenvalue weighted by atomic mass is 19.3. The molecule has 7 heteroatoms. The van der Waals surface area contributed by atoms with Crippen LogP contribution in [-0.4, -0.2) is 51.8 Å². The molecule has 3 radical (unpaired) electrons. The van der Waals surface area contributed by atoms with Gasteiger partial charge in [-0.05, 0) is 55.7 Å². The van der Waals surface area contributed by atoms with Gasteiger partial charge in [-0.3, -0.25) is 9.89 Å². The molecule has 0 unspecified atom stereocenters. The lowest BCUT2D eigenvalue weighted by molar-refractivity contribution is 0.101. The van der Waals surface area contributed by atoms with E-state index in [2.05, 4.69) is 36.7 Å². The molecule has 1 heterocycles. The van der Waals surface area contributed by atoms with Crippen LogP contribution in [0.2, 0.25) is 0 Å². The van der Waals surface area contributed by atoms with Gasteiger partial charge >= 0.3 is 6.55 Å². The molecule has 1 aliphatic heterocycles. The molecule has 1 saturated heterocycles. The number of likely N-dealkylation sites (tertiary alicyclic amines) is 1. The van der Waals surface area contributed by atoms with Gasteiger partial charge in [-0.25, -0.2) is 0 Å². The SMILES string of the molecule is C=C(N1CCC(Oc2ccc(C(CC)=NC)c(/C=C/C)c2)CC1)N(c1ccccc1C)C(F)F.[B]. The molecule has 0 atom stereocenters. The van der Waals surface area contributed by atoms with Gasteiger partial charge in [-0.1, -0.05) is 43.9 Å². The molecule has 0 N–H and O–H groups in total. The number of alkyl halides is 2. The van der Waals surface area contributed by atoms with E-state index in [0.29, 0.717) is 24.6 Å². The second kappa shape index (κ2) is 13.1. The third kappa shape index (κ3) is 6.74. The third-order valence-electron chi connectivity index (χ3n) is 6.24. The smallest absolute Gasteiger partial charge is 0.320 e. The van der Waals surface area contributed by atoms with Crippen molar-refractivity contribution in [3.63, 3.8) is 0 Å². The summed E-state index contributed by atoms with van der Waals surface area (Å²) >= 11 is 0. The zero-order valence-corrected chi connectivity index (χ0v) is 21.2. The fourth-order valence-corrected chi connectivity index (χ4v) is 4.43. The number of aryl methyl sites for hydroxylation is 1. The van der Waals surface area contributed by atoms with Crippen LogP contribution < -0.4 is 9.64 Å². The molecule has 0 amide bonds. The Bertz CT molecular complexity index is 1050. The first kappa shape index (κ1) is 28.2. The van der Waals surface area contributed by atoms with Crippen molar-refractivity contribution in [3.8, 4) is 5.75 Å². The Morgan fingerprint density at radius 2 is 1.91 bits per heavy atom. The quantitative estimate of drug-likeness (QED) is 0.233. The van der Waals surface area contributed by atoms with Gasteiger partial charge < -0.3 is 9.64 Å². The number of nitrogens with zero attached hydrogens (tertiary/aromatic N) is 3. The largest absolute Gasteiger partial charge is 0.490 e. The molecule has 4 nitrogen and oxygen atoms in total. The molecule has 2 aromatic carbocycles. The van der Waals surface area contributed by atoms with E-state index in [0.717, 1.165) is 52.3 Å². The zero-order chi connectivity index (χ0) is 24.7. The summed E-state index contributed by atoms with van der Waals surface area (Å²) in [6, 6.07) is 13.3. The Kier molecular flexibility index (Phi) is 10.6. The maximum absolute atomic E-state index is 14.0. The van der Waals surface area contributed by atoms with Crippen LogP contribution in [0.3, 0.4) is 0 Å². The molecule has 35 heavy (non-hydrogen) atoms. The van der Waals surface area contributed by atoms with Gasteiger partial charge in [0.2, 0.25) is 0 Å². The molecule has 0 spiro atoms. The van der Waals surface area contributed by atoms with Crippen molar-refractivity contribution >= 4 is 25.9 Å². The van der Waals surface area contributed by atoms with Crippen molar-refractivity contribution in [1.29, 1.82) is 0 Å². The lowest BCUT2D eigenvalue weighted by atomic mass is 10.00. The fraction of sp³-hybridized carbons (Fsp3) is 0.393.